The Morgan fingerprint density at radius 2 is 2.11 bits per heavy atom. The van der Waals surface area contributed by atoms with Crippen LogP contribution in [0.4, 0.5) is 18.9 Å². The van der Waals surface area contributed by atoms with Crippen LogP contribution in [0.25, 0.3) is 0 Å². The average molecular weight is 275 g/mol. The largest absolute Gasteiger partial charge is 0.416 e. The van der Waals surface area contributed by atoms with Crippen molar-refractivity contribution in [3.05, 3.63) is 29.3 Å². The topological polar surface area (TPSA) is 70.6 Å². The number of aryl methyl sites for hydroxylation is 1. The summed E-state index contributed by atoms with van der Waals surface area (Å²) in [6.07, 6.45) is -3.92. The Kier molecular flexibility index (Phi) is 4.63. The highest BCUT2D eigenvalue weighted by Gasteiger charge is 2.31. The Hall–Kier alpha value is -1.92. The van der Waals surface area contributed by atoms with Crippen LogP contribution in [0, 0.1) is 6.92 Å². The SMILES string of the molecule is CCC(Nc1cc(C(F)(F)F)ccc1C)C(N)=NO. The van der Waals surface area contributed by atoms with Crippen LogP contribution in [0.5, 0.6) is 0 Å². The van der Waals surface area contributed by atoms with E-state index in [0.717, 1.165) is 12.1 Å². The second kappa shape index (κ2) is 5.81. The first-order valence-electron chi connectivity index (χ1n) is 5.71. The highest BCUT2D eigenvalue weighted by Crippen LogP contribution is 2.32. The van der Waals surface area contributed by atoms with Gasteiger partial charge in [-0.2, -0.15) is 13.2 Å². The summed E-state index contributed by atoms with van der Waals surface area (Å²) in [5.74, 6) is -0.0701. The van der Waals surface area contributed by atoms with Crippen LogP contribution >= 0.6 is 0 Å². The van der Waals surface area contributed by atoms with E-state index in [1.807, 2.05) is 0 Å². The fraction of sp³-hybridized carbons (Fsp3) is 0.417. The second-order valence-corrected chi connectivity index (χ2v) is 4.16. The lowest BCUT2D eigenvalue weighted by molar-refractivity contribution is -0.137. The van der Waals surface area contributed by atoms with Crippen LogP contribution in [0.15, 0.2) is 23.4 Å². The van der Waals surface area contributed by atoms with Crippen LogP contribution in [-0.2, 0) is 6.18 Å². The third-order valence-electron chi connectivity index (χ3n) is 2.78. The van der Waals surface area contributed by atoms with E-state index in [1.165, 1.54) is 6.07 Å². The molecule has 4 N–H and O–H groups in total. The zero-order valence-corrected chi connectivity index (χ0v) is 10.6. The van der Waals surface area contributed by atoms with Crippen LogP contribution in [0.2, 0.25) is 0 Å². The molecule has 1 aromatic carbocycles. The monoisotopic (exact) mass is 275 g/mol. The fourth-order valence-corrected chi connectivity index (χ4v) is 1.60. The van der Waals surface area contributed by atoms with Gasteiger partial charge in [0, 0.05) is 5.69 Å². The molecule has 0 bridgehead atoms. The van der Waals surface area contributed by atoms with Gasteiger partial charge in [0.2, 0.25) is 0 Å². The third-order valence-corrected chi connectivity index (χ3v) is 2.78. The number of alkyl halides is 3. The van der Waals surface area contributed by atoms with Crippen molar-refractivity contribution in [2.75, 3.05) is 5.32 Å². The molecule has 0 spiro atoms. The van der Waals surface area contributed by atoms with Crippen LogP contribution in [-0.4, -0.2) is 17.1 Å². The Morgan fingerprint density at radius 3 is 2.58 bits per heavy atom. The Morgan fingerprint density at radius 1 is 1.47 bits per heavy atom. The molecule has 0 aliphatic carbocycles. The van der Waals surface area contributed by atoms with E-state index in [4.69, 9.17) is 10.9 Å². The number of anilines is 1. The molecule has 106 valence electrons. The number of nitrogens with zero attached hydrogens (tertiary/aromatic N) is 1. The third kappa shape index (κ3) is 3.77. The van der Waals surface area contributed by atoms with Crippen LogP contribution in [0.3, 0.4) is 0 Å². The van der Waals surface area contributed by atoms with Gasteiger partial charge in [-0.25, -0.2) is 0 Å². The molecule has 0 amide bonds. The number of rotatable bonds is 4. The molecular formula is C12H16F3N3O. The first-order chi connectivity index (χ1) is 8.79. The lowest BCUT2D eigenvalue weighted by Crippen LogP contribution is -2.35. The molecule has 7 heteroatoms. The van der Waals surface area contributed by atoms with E-state index in [2.05, 4.69) is 10.5 Å². The minimum atomic E-state index is -4.40. The number of nitrogens with two attached hydrogens (primary N) is 1. The van der Waals surface area contributed by atoms with Gasteiger partial charge in [0.1, 0.15) is 0 Å². The van der Waals surface area contributed by atoms with Gasteiger partial charge in [0.15, 0.2) is 5.84 Å². The second-order valence-electron chi connectivity index (χ2n) is 4.16. The van der Waals surface area contributed by atoms with E-state index in [-0.39, 0.29) is 5.84 Å². The fourth-order valence-electron chi connectivity index (χ4n) is 1.60. The van der Waals surface area contributed by atoms with E-state index in [1.54, 1.807) is 13.8 Å². The molecule has 0 aliphatic rings. The summed E-state index contributed by atoms with van der Waals surface area (Å²) in [7, 11) is 0. The molecule has 1 unspecified atom stereocenters. The summed E-state index contributed by atoms with van der Waals surface area (Å²) >= 11 is 0. The molecule has 19 heavy (non-hydrogen) atoms. The summed E-state index contributed by atoms with van der Waals surface area (Å²) in [6.45, 7) is 3.46. The molecule has 1 rings (SSSR count). The lowest BCUT2D eigenvalue weighted by atomic mass is 10.1. The molecular weight excluding hydrogens is 259 g/mol. The molecule has 1 atom stereocenters. The Labute approximate surface area is 109 Å². The van der Waals surface area contributed by atoms with Crippen LogP contribution in [0.1, 0.15) is 24.5 Å². The maximum absolute atomic E-state index is 12.6. The number of nitrogens with one attached hydrogen (secondary N) is 1. The lowest BCUT2D eigenvalue weighted by Gasteiger charge is -2.19. The first kappa shape index (κ1) is 15.1. The van der Waals surface area contributed by atoms with E-state index in [0.29, 0.717) is 17.7 Å². The average Bonchev–Trinajstić information content (AvgIpc) is 2.35. The van der Waals surface area contributed by atoms with Gasteiger partial charge >= 0.3 is 6.18 Å². The quantitative estimate of drug-likeness (QED) is 0.342. The molecule has 0 heterocycles. The van der Waals surface area contributed by atoms with Gasteiger partial charge in [0.05, 0.1) is 11.6 Å². The molecule has 0 saturated carbocycles. The normalized spacial score (nSPS) is 14.3. The minimum Gasteiger partial charge on any atom is -0.409 e. The van der Waals surface area contributed by atoms with Gasteiger partial charge < -0.3 is 16.3 Å². The number of benzene rings is 1. The van der Waals surface area contributed by atoms with Crippen molar-refractivity contribution < 1.29 is 18.4 Å². The Bertz CT molecular complexity index is 472. The number of halogens is 3. The van der Waals surface area contributed by atoms with Crippen molar-refractivity contribution >= 4 is 11.5 Å². The van der Waals surface area contributed by atoms with Gasteiger partial charge in [-0.3, -0.25) is 0 Å². The standard InChI is InChI=1S/C12H16F3N3O/c1-3-9(11(16)18-19)17-10-6-8(12(13,14)15)5-4-7(10)2/h4-6,9,17,19H,3H2,1-2H3,(H2,16,18). The maximum Gasteiger partial charge on any atom is 0.416 e. The summed E-state index contributed by atoms with van der Waals surface area (Å²) in [5, 5.41) is 14.3. The highest BCUT2D eigenvalue weighted by atomic mass is 19.4. The first-order valence-corrected chi connectivity index (χ1v) is 5.71. The molecule has 0 fully saturated rings. The summed E-state index contributed by atoms with van der Waals surface area (Å²) in [4.78, 5) is 0. The van der Waals surface area contributed by atoms with Crippen molar-refractivity contribution in [3.63, 3.8) is 0 Å². The Balaban J connectivity index is 3.06. The van der Waals surface area contributed by atoms with Crippen molar-refractivity contribution in [2.24, 2.45) is 10.9 Å². The summed E-state index contributed by atoms with van der Waals surface area (Å²) in [5.41, 5.74) is 5.69. The van der Waals surface area contributed by atoms with E-state index in [9.17, 15) is 13.2 Å². The van der Waals surface area contributed by atoms with Crippen molar-refractivity contribution in [3.8, 4) is 0 Å². The van der Waals surface area contributed by atoms with Gasteiger partial charge in [-0.15, -0.1) is 0 Å². The molecule has 0 aromatic heterocycles. The number of oxime groups is 1. The summed E-state index contributed by atoms with van der Waals surface area (Å²) < 4.78 is 37.9. The zero-order valence-electron chi connectivity index (χ0n) is 10.6. The smallest absolute Gasteiger partial charge is 0.409 e. The molecule has 1 aromatic rings. The predicted octanol–water partition coefficient (Wildman–Crippen LogP) is 2.95. The number of amidine groups is 1. The highest BCUT2D eigenvalue weighted by molar-refractivity contribution is 5.88. The zero-order chi connectivity index (χ0) is 14.6. The van der Waals surface area contributed by atoms with Gasteiger partial charge in [0.25, 0.3) is 0 Å². The van der Waals surface area contributed by atoms with Crippen molar-refractivity contribution in [2.45, 2.75) is 32.5 Å². The molecule has 0 aliphatic heterocycles. The predicted molar refractivity (Wildman–Crippen MR) is 67.3 cm³/mol. The van der Waals surface area contributed by atoms with E-state index < -0.39 is 17.8 Å². The number of hydrogen-bond acceptors (Lipinski definition) is 3. The van der Waals surface area contributed by atoms with Crippen LogP contribution < -0.4 is 11.1 Å². The molecule has 0 radical (unpaired) electrons. The molecule has 4 nitrogen and oxygen atoms in total. The number of hydrogen-bond donors (Lipinski definition) is 3. The van der Waals surface area contributed by atoms with Gasteiger partial charge in [-0.1, -0.05) is 18.1 Å². The summed E-state index contributed by atoms with van der Waals surface area (Å²) in [6, 6.07) is 2.89. The van der Waals surface area contributed by atoms with Gasteiger partial charge in [-0.05, 0) is 31.0 Å². The minimum absolute atomic E-state index is 0.0701. The van der Waals surface area contributed by atoms with Crippen molar-refractivity contribution in [1.29, 1.82) is 0 Å². The maximum atomic E-state index is 12.6. The van der Waals surface area contributed by atoms with Crippen molar-refractivity contribution in [1.82, 2.24) is 0 Å². The van der Waals surface area contributed by atoms with E-state index >= 15 is 0 Å². The molecule has 0 saturated heterocycles.